The second kappa shape index (κ2) is 11.4. The van der Waals surface area contributed by atoms with E-state index in [2.05, 4.69) is 4.98 Å². The Morgan fingerprint density at radius 1 is 1.06 bits per heavy atom. The van der Waals surface area contributed by atoms with Gasteiger partial charge in [0, 0.05) is 18.3 Å². The Hall–Kier alpha value is -3.05. The third-order valence-electron chi connectivity index (χ3n) is 5.87. The van der Waals surface area contributed by atoms with Gasteiger partial charge in [0.1, 0.15) is 12.4 Å². The van der Waals surface area contributed by atoms with Crippen molar-refractivity contribution >= 4 is 17.5 Å². The average molecular weight is 481 g/mol. The second-order valence-electron chi connectivity index (χ2n) is 8.18. The van der Waals surface area contributed by atoms with Crippen LogP contribution in [-0.4, -0.2) is 29.4 Å². The van der Waals surface area contributed by atoms with Gasteiger partial charge in [-0.3, -0.25) is 4.79 Å². The molecule has 1 aliphatic rings. The topological polar surface area (TPSA) is 51.7 Å². The molecule has 0 N–H and O–H groups in total. The zero-order valence-corrected chi connectivity index (χ0v) is 21.6. The molecule has 1 amide bonds. The van der Waals surface area contributed by atoms with Gasteiger partial charge in [0.15, 0.2) is 0 Å². The van der Waals surface area contributed by atoms with Crippen LogP contribution < -0.4 is 9.47 Å². The van der Waals surface area contributed by atoms with E-state index in [-0.39, 0.29) is 5.91 Å². The van der Waals surface area contributed by atoms with Gasteiger partial charge in [-0.2, -0.15) is 0 Å². The smallest absolute Gasteiger partial charge is 0.255 e. The molecule has 2 aromatic carbocycles. The first-order valence-electron chi connectivity index (χ1n) is 11.7. The molecule has 3 aromatic rings. The molecule has 2 heterocycles. The summed E-state index contributed by atoms with van der Waals surface area (Å²) in [5.74, 6) is 1.07. The third-order valence-corrected chi connectivity index (χ3v) is 6.36. The summed E-state index contributed by atoms with van der Waals surface area (Å²) in [7, 11) is 1.62. The zero-order valence-electron chi connectivity index (χ0n) is 20.9. The first-order chi connectivity index (χ1) is 16.4. The highest BCUT2D eigenvalue weighted by molar-refractivity contribution is 6.35. The van der Waals surface area contributed by atoms with Gasteiger partial charge < -0.3 is 14.4 Å². The molecule has 0 fully saturated rings. The van der Waals surface area contributed by atoms with Gasteiger partial charge in [-0.25, -0.2) is 4.98 Å². The van der Waals surface area contributed by atoms with Crippen molar-refractivity contribution in [3.05, 3.63) is 86.6 Å². The molecule has 1 aliphatic heterocycles. The quantitative estimate of drug-likeness (QED) is 0.405. The van der Waals surface area contributed by atoms with E-state index in [0.717, 1.165) is 39.9 Å². The molecule has 180 valence electrons. The van der Waals surface area contributed by atoms with E-state index in [4.69, 9.17) is 21.1 Å². The Kier molecular flexibility index (Phi) is 8.56. The number of carbonyl (C=O) groups is 1. The lowest BCUT2D eigenvalue weighted by Gasteiger charge is -2.31. The lowest BCUT2D eigenvalue weighted by Crippen LogP contribution is -2.38. The number of hydrogen-bond acceptors (Lipinski definition) is 4. The van der Waals surface area contributed by atoms with Crippen LogP contribution in [0.15, 0.2) is 42.5 Å². The van der Waals surface area contributed by atoms with E-state index in [1.807, 2.05) is 77.1 Å². The summed E-state index contributed by atoms with van der Waals surface area (Å²) >= 11 is 6.57. The van der Waals surface area contributed by atoms with Gasteiger partial charge in [0.2, 0.25) is 5.88 Å². The second-order valence-corrected chi connectivity index (χ2v) is 8.56. The maximum atomic E-state index is 13.4. The average Bonchev–Trinajstić information content (AvgIpc) is 2.85. The number of rotatable bonds is 6. The number of amides is 1. The van der Waals surface area contributed by atoms with Crippen LogP contribution in [0.5, 0.6) is 11.6 Å². The number of pyridine rings is 1. The van der Waals surface area contributed by atoms with Crippen LogP contribution in [0.4, 0.5) is 0 Å². The summed E-state index contributed by atoms with van der Waals surface area (Å²) in [4.78, 5) is 19.9. The lowest BCUT2D eigenvalue weighted by atomic mass is 9.92. The summed E-state index contributed by atoms with van der Waals surface area (Å²) in [5.41, 5.74) is 6.26. The molecule has 0 radical (unpaired) electrons. The van der Waals surface area contributed by atoms with E-state index in [1.165, 1.54) is 0 Å². The molecule has 4 rings (SSSR count). The molecule has 5 nitrogen and oxygen atoms in total. The largest absolute Gasteiger partial charge is 0.496 e. The number of benzene rings is 2. The number of fused-ring (bicyclic) bond motifs is 1. The standard InChI is InChI=1S/C26H27ClN2O3.C2H6/c1-16-12-17(2)24(27)23-20(16)10-11-29(26(23)30)14-21-22(31-4)13-18(3)28-25(21)32-15-19-8-6-5-7-9-19;1-2/h5-9,12-13H,10-11,14-15H2,1-4H3;1-2H3. The zero-order chi connectivity index (χ0) is 24.8. The van der Waals surface area contributed by atoms with Gasteiger partial charge in [-0.05, 0) is 49.4 Å². The number of halogens is 1. The van der Waals surface area contributed by atoms with Crippen LogP contribution in [-0.2, 0) is 19.6 Å². The summed E-state index contributed by atoms with van der Waals surface area (Å²) in [6.45, 7) is 11.2. The fourth-order valence-electron chi connectivity index (χ4n) is 4.21. The molecule has 0 bridgehead atoms. The van der Waals surface area contributed by atoms with Gasteiger partial charge in [0.25, 0.3) is 5.91 Å². The van der Waals surface area contributed by atoms with Gasteiger partial charge >= 0.3 is 0 Å². The van der Waals surface area contributed by atoms with Crippen molar-refractivity contribution in [2.45, 2.75) is 54.2 Å². The minimum Gasteiger partial charge on any atom is -0.496 e. The Bertz CT molecular complexity index is 1160. The summed E-state index contributed by atoms with van der Waals surface area (Å²) in [5, 5.41) is 0.537. The van der Waals surface area contributed by atoms with Crippen molar-refractivity contribution in [3.8, 4) is 11.6 Å². The number of nitrogens with zero attached hydrogens (tertiary/aromatic N) is 2. The molecule has 0 saturated heterocycles. The van der Waals surface area contributed by atoms with Gasteiger partial charge in [-0.1, -0.05) is 61.8 Å². The first kappa shape index (κ1) is 25.6. The Morgan fingerprint density at radius 3 is 2.44 bits per heavy atom. The predicted octanol–water partition coefficient (Wildman–Crippen LogP) is 6.47. The predicted molar refractivity (Wildman–Crippen MR) is 137 cm³/mol. The van der Waals surface area contributed by atoms with Crippen LogP contribution in [0.1, 0.15) is 57.7 Å². The molecule has 34 heavy (non-hydrogen) atoms. The Balaban J connectivity index is 0.00000158. The number of aromatic nitrogens is 1. The lowest BCUT2D eigenvalue weighted by molar-refractivity contribution is 0.0723. The molecular formula is C28H33ClN2O3. The minimum absolute atomic E-state index is 0.0697. The molecule has 1 aromatic heterocycles. The van der Waals surface area contributed by atoms with Crippen molar-refractivity contribution in [1.29, 1.82) is 0 Å². The van der Waals surface area contributed by atoms with E-state index < -0.39 is 0 Å². The van der Waals surface area contributed by atoms with Crippen molar-refractivity contribution in [2.24, 2.45) is 0 Å². The SMILES string of the molecule is CC.COc1cc(C)nc(OCc2ccccc2)c1CN1CCc2c(C)cc(C)c(Cl)c2C1=O. The van der Waals surface area contributed by atoms with Gasteiger partial charge in [-0.15, -0.1) is 0 Å². The fourth-order valence-corrected chi connectivity index (χ4v) is 4.46. The maximum Gasteiger partial charge on any atom is 0.255 e. The van der Waals surface area contributed by atoms with Crippen molar-refractivity contribution < 1.29 is 14.3 Å². The van der Waals surface area contributed by atoms with Gasteiger partial charge in [0.05, 0.1) is 29.8 Å². The first-order valence-corrected chi connectivity index (χ1v) is 12.1. The molecule has 0 atom stereocenters. The van der Waals surface area contributed by atoms with Crippen LogP contribution in [0.3, 0.4) is 0 Å². The Morgan fingerprint density at radius 2 is 1.76 bits per heavy atom. The normalized spacial score (nSPS) is 12.6. The number of hydrogen-bond donors (Lipinski definition) is 0. The fraction of sp³-hybridized carbons (Fsp3) is 0.357. The molecule has 0 saturated carbocycles. The van der Waals surface area contributed by atoms with E-state index in [9.17, 15) is 4.79 Å². The summed E-state index contributed by atoms with van der Waals surface area (Å²) < 4.78 is 11.7. The molecule has 0 spiro atoms. The molecule has 6 heteroatoms. The summed E-state index contributed by atoms with van der Waals surface area (Å²) in [6.07, 6.45) is 0.759. The number of aryl methyl sites for hydroxylation is 3. The number of carbonyl (C=O) groups excluding carboxylic acids is 1. The highest BCUT2D eigenvalue weighted by Gasteiger charge is 2.30. The van der Waals surface area contributed by atoms with Crippen LogP contribution in [0.2, 0.25) is 5.02 Å². The number of ether oxygens (including phenoxy) is 2. The minimum atomic E-state index is -0.0697. The highest BCUT2D eigenvalue weighted by atomic mass is 35.5. The van der Waals surface area contributed by atoms with Crippen LogP contribution in [0, 0.1) is 20.8 Å². The maximum absolute atomic E-state index is 13.4. The van der Waals surface area contributed by atoms with Crippen molar-refractivity contribution in [3.63, 3.8) is 0 Å². The highest BCUT2D eigenvalue weighted by Crippen LogP contribution is 2.35. The monoisotopic (exact) mass is 480 g/mol. The summed E-state index contributed by atoms with van der Waals surface area (Å²) in [6, 6.07) is 13.8. The molecular weight excluding hydrogens is 448 g/mol. The van der Waals surface area contributed by atoms with Crippen molar-refractivity contribution in [2.75, 3.05) is 13.7 Å². The van der Waals surface area contributed by atoms with Crippen molar-refractivity contribution in [1.82, 2.24) is 9.88 Å². The van der Waals surface area contributed by atoms with E-state index in [0.29, 0.717) is 41.9 Å². The number of methoxy groups -OCH3 is 1. The van der Waals surface area contributed by atoms with Crippen LogP contribution >= 0.6 is 11.6 Å². The Labute approximate surface area is 207 Å². The third kappa shape index (κ3) is 5.36. The molecule has 0 aliphatic carbocycles. The molecule has 0 unspecified atom stereocenters. The van der Waals surface area contributed by atoms with E-state index >= 15 is 0 Å². The van der Waals surface area contributed by atoms with Crippen LogP contribution in [0.25, 0.3) is 0 Å². The van der Waals surface area contributed by atoms with E-state index in [1.54, 1.807) is 12.0 Å².